The molecule has 3 amide bonds. The second kappa shape index (κ2) is 17.9. The number of anilines is 2. The van der Waals surface area contributed by atoms with Crippen molar-refractivity contribution >= 4 is 63.6 Å². The number of benzene rings is 4. The molecule has 2 unspecified atom stereocenters. The van der Waals surface area contributed by atoms with Gasteiger partial charge in [0.15, 0.2) is 0 Å². The van der Waals surface area contributed by atoms with Gasteiger partial charge >= 0.3 is 5.97 Å². The van der Waals surface area contributed by atoms with Crippen LogP contribution < -0.4 is 20.7 Å². The Morgan fingerprint density at radius 2 is 1.63 bits per heavy atom. The third kappa shape index (κ3) is 9.28. The molecule has 0 spiro atoms. The quantitative estimate of drug-likeness (QED) is 0.0623. The third-order valence-corrected chi connectivity index (χ3v) is 11.3. The van der Waals surface area contributed by atoms with Crippen LogP contribution in [0.2, 0.25) is 0 Å². The number of thioether (sulfide) groups is 1. The minimum atomic E-state index is -0.698. The van der Waals surface area contributed by atoms with Crippen molar-refractivity contribution in [2.45, 2.75) is 43.3 Å². The van der Waals surface area contributed by atoms with Crippen molar-refractivity contribution in [1.82, 2.24) is 5.32 Å². The molecule has 4 aromatic carbocycles. The molecule has 1 heterocycles. The molecular formula is C43H41N3O6S2. The lowest BCUT2D eigenvalue weighted by Gasteiger charge is -2.19. The molecule has 6 rings (SSSR count). The maximum absolute atomic E-state index is 14.2. The van der Waals surface area contributed by atoms with E-state index >= 15 is 0 Å². The Labute approximate surface area is 323 Å². The van der Waals surface area contributed by atoms with Gasteiger partial charge in [0.2, 0.25) is 5.91 Å². The number of methoxy groups -OCH3 is 1. The van der Waals surface area contributed by atoms with Crippen molar-refractivity contribution in [2.24, 2.45) is 5.92 Å². The number of nitrogens with one attached hydrogen (secondary N) is 3. The highest BCUT2D eigenvalue weighted by Crippen LogP contribution is 2.42. The molecule has 54 heavy (non-hydrogen) atoms. The Hall–Kier alpha value is -5.65. The molecule has 3 N–H and O–H groups in total. The second-order valence-electron chi connectivity index (χ2n) is 12.8. The lowest BCUT2D eigenvalue weighted by molar-refractivity contribution is -0.116. The summed E-state index contributed by atoms with van der Waals surface area (Å²) in [6.45, 7) is 4.20. The predicted molar refractivity (Wildman–Crippen MR) is 215 cm³/mol. The van der Waals surface area contributed by atoms with Gasteiger partial charge in [-0.2, -0.15) is 0 Å². The fourth-order valence-electron chi connectivity index (χ4n) is 6.20. The van der Waals surface area contributed by atoms with E-state index in [4.69, 9.17) is 9.47 Å². The normalized spacial score (nSPS) is 14.3. The molecule has 1 aromatic heterocycles. The first-order chi connectivity index (χ1) is 26.2. The van der Waals surface area contributed by atoms with E-state index in [9.17, 15) is 19.2 Å². The topological polar surface area (TPSA) is 123 Å². The molecular weight excluding hydrogens is 719 g/mol. The zero-order chi connectivity index (χ0) is 38.0. The Bertz CT molecular complexity index is 2170. The number of fused-ring (bicyclic) bond motifs is 1. The number of carbonyl (C=O) groups excluding carboxylic acids is 4. The highest BCUT2D eigenvalue weighted by Gasteiger charge is 2.31. The number of hydrogen-bond donors (Lipinski definition) is 3. The first-order valence-corrected chi connectivity index (χ1v) is 19.4. The van der Waals surface area contributed by atoms with Crippen molar-refractivity contribution in [2.75, 3.05) is 24.4 Å². The van der Waals surface area contributed by atoms with Gasteiger partial charge in [0.1, 0.15) is 21.7 Å². The molecule has 0 fully saturated rings. The van der Waals surface area contributed by atoms with Gasteiger partial charge in [-0.3, -0.25) is 14.4 Å². The molecule has 9 nitrogen and oxygen atoms in total. The van der Waals surface area contributed by atoms with E-state index in [1.165, 1.54) is 30.2 Å². The Morgan fingerprint density at radius 1 is 0.907 bits per heavy atom. The van der Waals surface area contributed by atoms with Crippen molar-refractivity contribution in [1.29, 1.82) is 0 Å². The van der Waals surface area contributed by atoms with E-state index in [-0.39, 0.29) is 18.2 Å². The second-order valence-corrected chi connectivity index (χ2v) is 15.1. The summed E-state index contributed by atoms with van der Waals surface area (Å²) in [5.74, 6) is -0.683. The molecule has 0 saturated carbocycles. The van der Waals surface area contributed by atoms with Crippen LogP contribution in [0.5, 0.6) is 5.75 Å². The van der Waals surface area contributed by atoms with Crippen LogP contribution in [0.4, 0.5) is 10.7 Å². The van der Waals surface area contributed by atoms with E-state index in [0.29, 0.717) is 43.9 Å². The summed E-state index contributed by atoms with van der Waals surface area (Å²) in [4.78, 5) is 56.3. The summed E-state index contributed by atoms with van der Waals surface area (Å²) in [7, 11) is 1.54. The lowest BCUT2D eigenvalue weighted by atomic mass is 9.88. The predicted octanol–water partition coefficient (Wildman–Crippen LogP) is 8.94. The van der Waals surface area contributed by atoms with Gasteiger partial charge < -0.3 is 25.4 Å². The summed E-state index contributed by atoms with van der Waals surface area (Å²) in [6.07, 6.45) is 4.15. The molecule has 11 heteroatoms. The zero-order valence-electron chi connectivity index (χ0n) is 30.2. The van der Waals surface area contributed by atoms with Gasteiger partial charge in [0, 0.05) is 26.6 Å². The van der Waals surface area contributed by atoms with Crippen LogP contribution in [0.15, 0.2) is 120 Å². The molecule has 1 aliphatic carbocycles. The van der Waals surface area contributed by atoms with E-state index in [2.05, 4.69) is 22.9 Å². The zero-order valence-corrected chi connectivity index (χ0v) is 31.9. The molecule has 0 saturated heterocycles. The lowest BCUT2D eigenvalue weighted by Crippen LogP contribution is -2.30. The molecule has 276 valence electrons. The maximum atomic E-state index is 14.2. The number of amides is 3. The minimum absolute atomic E-state index is 0.0124. The third-order valence-electron chi connectivity index (χ3n) is 8.88. The monoisotopic (exact) mass is 759 g/mol. The molecule has 1 aliphatic rings. The summed E-state index contributed by atoms with van der Waals surface area (Å²) < 4.78 is 10.9. The van der Waals surface area contributed by atoms with Crippen LogP contribution in [-0.2, 0) is 27.2 Å². The number of hydrogen-bond acceptors (Lipinski definition) is 8. The summed E-state index contributed by atoms with van der Waals surface area (Å²) in [5.41, 5.74) is 3.67. The van der Waals surface area contributed by atoms with Gasteiger partial charge in [0.25, 0.3) is 11.8 Å². The molecule has 0 bridgehead atoms. The van der Waals surface area contributed by atoms with Crippen LogP contribution >= 0.6 is 23.1 Å². The molecule has 5 aromatic rings. The standard InChI is InChI=1S/C43H41N3O6S2/c1-4-52-43(50)37-33-23-22-27(2)24-36(33)54-42(37)46-41(49)38(28-14-7-5-8-15-28)53-32-20-13-19-31(26-32)44-40(48)34(25-30-18-11-12-21-35(30)51-3)45-39(47)29-16-9-6-10-17-29/h5-21,25-27,38H,4,22-24H2,1-3H3,(H,44,48)(H,45,47)(H,46,49)/b34-25+. The molecule has 0 aliphatic heterocycles. The van der Waals surface area contributed by atoms with Crippen LogP contribution in [-0.4, -0.2) is 37.4 Å². The molecule has 2 atom stereocenters. The van der Waals surface area contributed by atoms with Gasteiger partial charge in [-0.05, 0) is 85.7 Å². The number of thiophene rings is 1. The maximum Gasteiger partial charge on any atom is 0.341 e. The van der Waals surface area contributed by atoms with Gasteiger partial charge in [-0.15, -0.1) is 23.1 Å². The average Bonchev–Trinajstić information content (AvgIpc) is 3.54. The molecule has 0 radical (unpaired) electrons. The van der Waals surface area contributed by atoms with Crippen LogP contribution in [0.3, 0.4) is 0 Å². The summed E-state index contributed by atoms with van der Waals surface area (Å²) >= 11 is 2.77. The highest BCUT2D eigenvalue weighted by atomic mass is 32.2. The summed E-state index contributed by atoms with van der Waals surface area (Å²) in [6, 6.07) is 32.4. The van der Waals surface area contributed by atoms with Crippen LogP contribution in [0, 0.1) is 5.92 Å². The number of carbonyl (C=O) groups is 4. The number of para-hydroxylation sites is 1. The first kappa shape index (κ1) is 38.1. The first-order valence-electron chi connectivity index (χ1n) is 17.7. The van der Waals surface area contributed by atoms with E-state index < -0.39 is 23.0 Å². The fraction of sp³-hybridized carbons (Fsp3) is 0.209. The van der Waals surface area contributed by atoms with E-state index in [1.54, 1.807) is 67.6 Å². The van der Waals surface area contributed by atoms with Crippen LogP contribution in [0.25, 0.3) is 6.08 Å². The van der Waals surface area contributed by atoms with E-state index in [1.807, 2.05) is 54.6 Å². The van der Waals surface area contributed by atoms with Gasteiger partial charge in [-0.1, -0.05) is 79.7 Å². The van der Waals surface area contributed by atoms with Gasteiger partial charge in [-0.25, -0.2) is 4.79 Å². The average molecular weight is 760 g/mol. The number of ether oxygens (including phenoxy) is 2. The van der Waals surface area contributed by atoms with Crippen LogP contribution in [0.1, 0.15) is 67.8 Å². The van der Waals surface area contributed by atoms with Crippen molar-refractivity contribution in [3.8, 4) is 5.75 Å². The smallest absolute Gasteiger partial charge is 0.341 e. The van der Waals surface area contributed by atoms with Crippen molar-refractivity contribution < 1.29 is 28.7 Å². The SMILES string of the molecule is CCOC(=O)c1c(NC(=O)C(Sc2cccc(NC(=O)/C(=C\c3ccccc3OC)NC(=O)c3ccccc3)c2)c2ccccc2)sc2c1CCC(C)C2. The Balaban J connectivity index is 1.26. The number of rotatable bonds is 13. The largest absolute Gasteiger partial charge is 0.496 e. The summed E-state index contributed by atoms with van der Waals surface area (Å²) in [5, 5.41) is 8.59. The Kier molecular flexibility index (Phi) is 12.6. The van der Waals surface area contributed by atoms with Crippen molar-refractivity contribution in [3.63, 3.8) is 0 Å². The van der Waals surface area contributed by atoms with E-state index in [0.717, 1.165) is 35.3 Å². The number of esters is 1. The van der Waals surface area contributed by atoms with Crippen molar-refractivity contribution in [3.05, 3.63) is 148 Å². The minimum Gasteiger partial charge on any atom is -0.496 e. The Morgan fingerprint density at radius 3 is 2.37 bits per heavy atom. The highest BCUT2D eigenvalue weighted by molar-refractivity contribution is 8.00. The van der Waals surface area contributed by atoms with Gasteiger partial charge in [0.05, 0.1) is 19.3 Å². The fourth-order valence-corrected chi connectivity index (χ4v) is 8.69.